The van der Waals surface area contributed by atoms with Crippen molar-refractivity contribution in [3.05, 3.63) is 0 Å². The fraction of sp³-hybridized carbons (Fsp3) is 0.857. The molecule has 0 saturated heterocycles. The fourth-order valence-corrected chi connectivity index (χ4v) is 1.56. The van der Waals surface area contributed by atoms with Gasteiger partial charge in [-0.15, -0.1) is 0 Å². The van der Waals surface area contributed by atoms with Crippen molar-refractivity contribution < 1.29 is 4.79 Å². The van der Waals surface area contributed by atoms with E-state index in [2.05, 4.69) is 13.8 Å². The number of hydrogen-bond acceptors (Lipinski definition) is 3. The molecule has 0 aliphatic rings. The van der Waals surface area contributed by atoms with Crippen LogP contribution in [0, 0.1) is 0 Å². The minimum absolute atomic E-state index is 0.537. The topological polar surface area (TPSA) is 20.3 Å². The van der Waals surface area contributed by atoms with Crippen molar-refractivity contribution >= 4 is 17.6 Å². The van der Waals surface area contributed by atoms with Crippen molar-refractivity contribution in [3.63, 3.8) is 0 Å². The van der Waals surface area contributed by atoms with Crippen LogP contribution in [0.15, 0.2) is 0 Å². The summed E-state index contributed by atoms with van der Waals surface area (Å²) in [5.74, 6) is 0. The van der Waals surface area contributed by atoms with Gasteiger partial charge in [0.15, 0.2) is 5.62 Å². The molecule has 0 aromatic heterocycles. The maximum Gasteiger partial charge on any atom is 0.191 e. The number of carbonyl (C=O) groups is 1. The second-order valence-electron chi connectivity index (χ2n) is 2.22. The second kappa shape index (κ2) is 5.74. The maximum atomic E-state index is 10.1. The molecule has 0 fully saturated rings. The molecule has 0 spiro atoms. The van der Waals surface area contributed by atoms with Gasteiger partial charge in [-0.2, -0.15) is 0 Å². The van der Waals surface area contributed by atoms with E-state index in [0.29, 0.717) is 6.04 Å². The Hall–Kier alpha value is -0.0200. The first kappa shape index (κ1) is 9.98. The molecule has 0 saturated carbocycles. The van der Waals surface area contributed by atoms with Crippen LogP contribution in [0.3, 0.4) is 0 Å². The lowest BCUT2D eigenvalue weighted by atomic mass is 10.2. The summed E-state index contributed by atoms with van der Waals surface area (Å²) in [6.07, 6.45) is 2.21. The van der Waals surface area contributed by atoms with Crippen LogP contribution in [-0.2, 0) is 4.79 Å². The average molecular weight is 161 g/mol. The Morgan fingerprint density at radius 3 is 2.30 bits per heavy atom. The molecular formula is C7H15NOS. The molecule has 10 heavy (non-hydrogen) atoms. The third-order valence-corrected chi connectivity index (χ3v) is 2.38. The van der Waals surface area contributed by atoms with Crippen LogP contribution >= 0.6 is 11.9 Å². The lowest BCUT2D eigenvalue weighted by Crippen LogP contribution is -2.23. The number of hydrogen-bond donors (Lipinski definition) is 0. The molecule has 3 heteroatoms. The molecule has 0 atom stereocenters. The predicted molar refractivity (Wildman–Crippen MR) is 46.5 cm³/mol. The highest BCUT2D eigenvalue weighted by atomic mass is 32.2. The van der Waals surface area contributed by atoms with E-state index in [1.54, 1.807) is 0 Å². The Labute approximate surface area is 67.1 Å². The van der Waals surface area contributed by atoms with E-state index < -0.39 is 0 Å². The molecule has 0 aliphatic heterocycles. The third-order valence-electron chi connectivity index (χ3n) is 1.67. The lowest BCUT2D eigenvalue weighted by molar-refractivity contribution is 0.387. The first-order valence-corrected chi connectivity index (χ1v) is 4.43. The Morgan fingerprint density at radius 1 is 1.50 bits per heavy atom. The lowest BCUT2D eigenvalue weighted by Gasteiger charge is -2.21. The van der Waals surface area contributed by atoms with Gasteiger partial charge < -0.3 is 0 Å². The molecule has 0 aliphatic carbocycles. The van der Waals surface area contributed by atoms with Gasteiger partial charge in [-0.25, -0.2) is 4.31 Å². The van der Waals surface area contributed by atoms with Gasteiger partial charge in [0.2, 0.25) is 0 Å². The van der Waals surface area contributed by atoms with E-state index in [4.69, 9.17) is 0 Å². The largest absolute Gasteiger partial charge is 0.290 e. The zero-order valence-electron chi connectivity index (χ0n) is 6.83. The summed E-state index contributed by atoms with van der Waals surface area (Å²) < 4.78 is 2.01. The van der Waals surface area contributed by atoms with E-state index in [1.807, 2.05) is 11.4 Å². The molecule has 0 heterocycles. The number of rotatable bonds is 5. The molecule has 60 valence electrons. The average Bonchev–Trinajstić information content (AvgIpc) is 1.91. The van der Waals surface area contributed by atoms with E-state index in [0.717, 1.165) is 18.5 Å². The van der Waals surface area contributed by atoms with Gasteiger partial charge in [0.05, 0.1) is 0 Å². The zero-order chi connectivity index (χ0) is 7.98. The molecule has 0 amide bonds. The van der Waals surface area contributed by atoms with Crippen molar-refractivity contribution in [1.29, 1.82) is 0 Å². The Kier molecular flexibility index (Phi) is 5.73. The Morgan fingerprint density at radius 2 is 2.00 bits per heavy atom. The van der Waals surface area contributed by atoms with Crippen LogP contribution in [0.1, 0.15) is 26.7 Å². The fourth-order valence-electron chi connectivity index (χ4n) is 0.957. The minimum atomic E-state index is 0.537. The first-order valence-electron chi connectivity index (χ1n) is 3.59. The molecule has 0 N–H and O–H groups in total. The van der Waals surface area contributed by atoms with Crippen molar-refractivity contribution in [3.8, 4) is 0 Å². The summed E-state index contributed by atoms with van der Waals surface area (Å²) in [6.45, 7) is 4.27. The zero-order valence-corrected chi connectivity index (χ0v) is 7.65. The van der Waals surface area contributed by atoms with Gasteiger partial charge in [0, 0.05) is 6.04 Å². The van der Waals surface area contributed by atoms with Crippen LogP contribution in [0.2, 0.25) is 0 Å². The Bertz CT molecular complexity index is 93.6. The molecule has 2 nitrogen and oxygen atoms in total. The second-order valence-corrected chi connectivity index (χ2v) is 3.20. The molecule has 0 aromatic carbocycles. The molecule has 0 bridgehead atoms. The van der Waals surface area contributed by atoms with E-state index in [1.165, 1.54) is 11.9 Å². The normalized spacial score (nSPS) is 10.9. The summed E-state index contributed by atoms with van der Waals surface area (Å²) in [5.41, 5.74) is 0.873. The monoisotopic (exact) mass is 161 g/mol. The van der Waals surface area contributed by atoms with Gasteiger partial charge in [0.25, 0.3) is 0 Å². The van der Waals surface area contributed by atoms with Crippen LogP contribution in [0.4, 0.5) is 0 Å². The maximum absolute atomic E-state index is 10.1. The van der Waals surface area contributed by atoms with Gasteiger partial charge >= 0.3 is 0 Å². The minimum Gasteiger partial charge on any atom is -0.290 e. The molecule has 0 unspecified atom stereocenters. The molecule has 0 radical (unpaired) electrons. The van der Waals surface area contributed by atoms with Gasteiger partial charge in [-0.05, 0) is 31.8 Å². The highest BCUT2D eigenvalue weighted by molar-refractivity contribution is 8.09. The molecule has 0 rings (SSSR count). The highest BCUT2D eigenvalue weighted by Crippen LogP contribution is 2.13. The van der Waals surface area contributed by atoms with Crippen molar-refractivity contribution in [1.82, 2.24) is 4.31 Å². The van der Waals surface area contributed by atoms with Crippen molar-refractivity contribution in [2.24, 2.45) is 0 Å². The smallest absolute Gasteiger partial charge is 0.191 e. The SMILES string of the molecule is CCC(CC)N(C)SC=O. The van der Waals surface area contributed by atoms with Crippen molar-refractivity contribution in [2.75, 3.05) is 7.05 Å². The molecule has 0 aromatic rings. The van der Waals surface area contributed by atoms with Crippen LogP contribution in [-0.4, -0.2) is 23.0 Å². The third kappa shape index (κ3) is 3.22. The summed E-state index contributed by atoms with van der Waals surface area (Å²) >= 11 is 1.24. The first-order chi connectivity index (χ1) is 4.76. The van der Waals surface area contributed by atoms with Gasteiger partial charge in [0.1, 0.15) is 0 Å². The Balaban J connectivity index is 3.63. The quantitative estimate of drug-likeness (QED) is 0.454. The van der Waals surface area contributed by atoms with Crippen LogP contribution in [0.5, 0.6) is 0 Å². The summed E-state index contributed by atoms with van der Waals surface area (Å²) in [5, 5.41) is 0. The van der Waals surface area contributed by atoms with Gasteiger partial charge in [-0.3, -0.25) is 4.79 Å². The summed E-state index contributed by atoms with van der Waals surface area (Å²) in [4.78, 5) is 10.1. The number of carbonyl (C=O) groups excluding carboxylic acids is 1. The van der Waals surface area contributed by atoms with E-state index in [9.17, 15) is 4.79 Å². The van der Waals surface area contributed by atoms with E-state index in [-0.39, 0.29) is 0 Å². The van der Waals surface area contributed by atoms with Gasteiger partial charge in [-0.1, -0.05) is 13.8 Å². The molecular weight excluding hydrogens is 146 g/mol. The van der Waals surface area contributed by atoms with Crippen molar-refractivity contribution in [2.45, 2.75) is 32.7 Å². The predicted octanol–water partition coefficient (Wildman–Crippen LogP) is 1.95. The summed E-state index contributed by atoms with van der Waals surface area (Å²) in [7, 11) is 1.96. The summed E-state index contributed by atoms with van der Waals surface area (Å²) in [6, 6.07) is 0.537. The van der Waals surface area contributed by atoms with Crippen LogP contribution < -0.4 is 0 Å². The van der Waals surface area contributed by atoms with Crippen LogP contribution in [0.25, 0.3) is 0 Å². The highest BCUT2D eigenvalue weighted by Gasteiger charge is 2.09. The van der Waals surface area contributed by atoms with E-state index >= 15 is 0 Å². The number of nitrogens with zero attached hydrogens (tertiary/aromatic N) is 1. The standard InChI is InChI=1S/C7H15NOS/c1-4-7(5-2)8(3)10-6-9/h6-7H,4-5H2,1-3H3.